The highest BCUT2D eigenvalue weighted by Gasteiger charge is 2.11. The van der Waals surface area contributed by atoms with Crippen LogP contribution in [0.4, 0.5) is 10.2 Å². The lowest BCUT2D eigenvalue weighted by Crippen LogP contribution is -2.16. The molecule has 0 saturated carbocycles. The number of halogens is 3. The van der Waals surface area contributed by atoms with Crippen LogP contribution in [0.25, 0.3) is 0 Å². The van der Waals surface area contributed by atoms with E-state index >= 15 is 0 Å². The van der Waals surface area contributed by atoms with Gasteiger partial charge in [0.2, 0.25) is 0 Å². The molecule has 7 heteroatoms. The van der Waals surface area contributed by atoms with Crippen molar-refractivity contribution in [2.24, 2.45) is 0 Å². The number of nitrogens with one attached hydrogen (secondary N) is 1. The number of benzene rings is 2. The Hall–Kier alpha value is -2.37. The van der Waals surface area contributed by atoms with Crippen LogP contribution < -0.4 is 5.32 Å². The van der Waals surface area contributed by atoms with Gasteiger partial charge in [0, 0.05) is 21.7 Å². The molecule has 24 heavy (non-hydrogen) atoms. The summed E-state index contributed by atoms with van der Waals surface area (Å²) in [4.78, 5) is 12.2. The lowest BCUT2D eigenvalue weighted by atomic mass is 10.2. The first-order chi connectivity index (χ1) is 11.5. The molecule has 1 heterocycles. The molecule has 0 aliphatic rings. The standard InChI is InChI=1S/C17H12Cl2FN3O/c18-13-4-1-12(15(19)9-13)10-23-16(7-8-21-23)22-17(24)11-2-5-14(20)6-3-11/h1-9H,10H2,(H,22,24). The number of nitrogens with zero attached hydrogens (tertiary/aromatic N) is 2. The topological polar surface area (TPSA) is 46.9 Å². The molecule has 0 atom stereocenters. The smallest absolute Gasteiger partial charge is 0.256 e. The zero-order chi connectivity index (χ0) is 17.1. The van der Waals surface area contributed by atoms with Crippen LogP contribution in [0, 0.1) is 5.82 Å². The van der Waals surface area contributed by atoms with E-state index in [9.17, 15) is 9.18 Å². The number of hydrogen-bond donors (Lipinski definition) is 1. The highest BCUT2D eigenvalue weighted by Crippen LogP contribution is 2.22. The van der Waals surface area contributed by atoms with E-state index < -0.39 is 5.82 Å². The van der Waals surface area contributed by atoms with Gasteiger partial charge in [-0.05, 0) is 42.0 Å². The Labute approximate surface area is 147 Å². The summed E-state index contributed by atoms with van der Waals surface area (Å²) >= 11 is 12.1. The van der Waals surface area contributed by atoms with Crippen LogP contribution in [0.3, 0.4) is 0 Å². The minimum absolute atomic E-state index is 0.348. The predicted molar refractivity (Wildman–Crippen MR) is 92.1 cm³/mol. The Bertz CT molecular complexity index is 878. The molecule has 3 rings (SSSR count). The first-order valence-corrected chi connectivity index (χ1v) is 7.81. The molecule has 0 unspecified atom stereocenters. The van der Waals surface area contributed by atoms with Crippen molar-refractivity contribution in [1.82, 2.24) is 9.78 Å². The van der Waals surface area contributed by atoms with Crippen molar-refractivity contribution in [3.05, 3.63) is 81.7 Å². The Balaban J connectivity index is 1.77. The van der Waals surface area contributed by atoms with E-state index in [2.05, 4.69) is 10.4 Å². The summed E-state index contributed by atoms with van der Waals surface area (Å²) < 4.78 is 14.5. The van der Waals surface area contributed by atoms with Crippen molar-refractivity contribution in [2.45, 2.75) is 6.54 Å². The van der Waals surface area contributed by atoms with Crippen molar-refractivity contribution in [1.29, 1.82) is 0 Å². The lowest BCUT2D eigenvalue weighted by molar-refractivity contribution is 0.102. The number of rotatable bonds is 4. The number of amides is 1. The van der Waals surface area contributed by atoms with Crippen LogP contribution in [0.15, 0.2) is 54.7 Å². The third kappa shape index (κ3) is 3.75. The van der Waals surface area contributed by atoms with E-state index in [4.69, 9.17) is 23.2 Å². The van der Waals surface area contributed by atoms with Gasteiger partial charge in [0.15, 0.2) is 0 Å². The molecule has 0 fully saturated rings. The van der Waals surface area contributed by atoms with Gasteiger partial charge < -0.3 is 5.32 Å². The Morgan fingerprint density at radius 2 is 1.88 bits per heavy atom. The summed E-state index contributed by atoms with van der Waals surface area (Å²) in [6.45, 7) is 0.377. The monoisotopic (exact) mass is 363 g/mol. The zero-order valence-corrected chi connectivity index (χ0v) is 13.9. The maximum atomic E-state index is 12.9. The molecule has 0 saturated heterocycles. The number of carbonyl (C=O) groups excluding carboxylic acids is 1. The third-order valence-corrected chi connectivity index (χ3v) is 3.99. The molecule has 3 aromatic rings. The van der Waals surface area contributed by atoms with Gasteiger partial charge in [-0.25, -0.2) is 9.07 Å². The molecule has 1 amide bonds. The third-order valence-electron chi connectivity index (χ3n) is 3.40. The minimum atomic E-state index is -0.394. The molecule has 0 spiro atoms. The number of anilines is 1. The fourth-order valence-electron chi connectivity index (χ4n) is 2.17. The first-order valence-electron chi connectivity index (χ1n) is 7.05. The molecular formula is C17H12Cl2FN3O. The van der Waals surface area contributed by atoms with E-state index in [0.29, 0.717) is 28.0 Å². The quantitative estimate of drug-likeness (QED) is 0.734. The van der Waals surface area contributed by atoms with Gasteiger partial charge in [0.1, 0.15) is 11.6 Å². The van der Waals surface area contributed by atoms with Gasteiger partial charge in [-0.1, -0.05) is 29.3 Å². The Morgan fingerprint density at radius 1 is 1.12 bits per heavy atom. The molecule has 0 aliphatic heterocycles. The van der Waals surface area contributed by atoms with E-state index in [1.807, 2.05) is 0 Å². The summed E-state index contributed by atoms with van der Waals surface area (Å²) in [7, 11) is 0. The Kier molecular flexibility index (Phi) is 4.83. The molecule has 0 radical (unpaired) electrons. The predicted octanol–water partition coefficient (Wildman–Crippen LogP) is 4.63. The van der Waals surface area contributed by atoms with E-state index in [0.717, 1.165) is 5.56 Å². The maximum absolute atomic E-state index is 12.9. The van der Waals surface area contributed by atoms with E-state index in [1.54, 1.807) is 35.1 Å². The number of hydrogen-bond acceptors (Lipinski definition) is 2. The molecule has 0 aliphatic carbocycles. The molecule has 1 N–H and O–H groups in total. The van der Waals surface area contributed by atoms with Crippen LogP contribution in [-0.2, 0) is 6.54 Å². The summed E-state index contributed by atoms with van der Waals surface area (Å²) in [5.41, 5.74) is 1.18. The first kappa shape index (κ1) is 16.5. The van der Waals surface area contributed by atoms with Crippen LogP contribution in [0.2, 0.25) is 10.0 Å². The number of aromatic nitrogens is 2. The van der Waals surface area contributed by atoms with Crippen LogP contribution in [-0.4, -0.2) is 15.7 Å². The largest absolute Gasteiger partial charge is 0.307 e. The van der Waals surface area contributed by atoms with Gasteiger partial charge >= 0.3 is 0 Å². The molecular weight excluding hydrogens is 352 g/mol. The van der Waals surface area contributed by atoms with E-state index in [-0.39, 0.29) is 5.91 Å². The fourth-order valence-corrected chi connectivity index (χ4v) is 2.63. The normalized spacial score (nSPS) is 10.6. The fraction of sp³-hybridized carbons (Fsp3) is 0.0588. The summed E-state index contributed by atoms with van der Waals surface area (Å²) in [5.74, 6) is -0.233. The van der Waals surface area contributed by atoms with Crippen molar-refractivity contribution in [2.75, 3.05) is 5.32 Å². The minimum Gasteiger partial charge on any atom is -0.307 e. The van der Waals surface area contributed by atoms with Gasteiger partial charge in [0.05, 0.1) is 12.7 Å². The van der Waals surface area contributed by atoms with Crippen molar-refractivity contribution >= 4 is 34.9 Å². The summed E-state index contributed by atoms with van der Waals surface area (Å²) in [6.07, 6.45) is 1.57. The van der Waals surface area contributed by atoms with Gasteiger partial charge in [-0.15, -0.1) is 0 Å². The zero-order valence-electron chi connectivity index (χ0n) is 12.3. The Morgan fingerprint density at radius 3 is 2.58 bits per heavy atom. The molecule has 0 bridgehead atoms. The molecule has 122 valence electrons. The van der Waals surface area contributed by atoms with Crippen molar-refractivity contribution < 1.29 is 9.18 Å². The van der Waals surface area contributed by atoms with Gasteiger partial charge in [-0.2, -0.15) is 5.10 Å². The van der Waals surface area contributed by atoms with Crippen molar-refractivity contribution in [3.63, 3.8) is 0 Å². The average Bonchev–Trinajstić information content (AvgIpc) is 2.97. The second kappa shape index (κ2) is 7.03. The van der Waals surface area contributed by atoms with Crippen LogP contribution >= 0.6 is 23.2 Å². The highest BCUT2D eigenvalue weighted by molar-refractivity contribution is 6.35. The average molecular weight is 364 g/mol. The second-order valence-electron chi connectivity index (χ2n) is 5.07. The summed E-state index contributed by atoms with van der Waals surface area (Å²) in [5, 5.41) is 8.01. The van der Waals surface area contributed by atoms with Crippen LogP contribution in [0.1, 0.15) is 15.9 Å². The van der Waals surface area contributed by atoms with Gasteiger partial charge in [-0.3, -0.25) is 4.79 Å². The van der Waals surface area contributed by atoms with E-state index in [1.165, 1.54) is 24.3 Å². The molecule has 2 aromatic carbocycles. The molecule has 1 aromatic heterocycles. The number of carbonyl (C=O) groups is 1. The second-order valence-corrected chi connectivity index (χ2v) is 5.91. The van der Waals surface area contributed by atoms with Gasteiger partial charge in [0.25, 0.3) is 5.91 Å². The highest BCUT2D eigenvalue weighted by atomic mass is 35.5. The SMILES string of the molecule is O=C(Nc1ccnn1Cc1ccc(Cl)cc1Cl)c1ccc(F)cc1. The van der Waals surface area contributed by atoms with Crippen LogP contribution in [0.5, 0.6) is 0 Å². The van der Waals surface area contributed by atoms with Crippen molar-refractivity contribution in [3.8, 4) is 0 Å². The molecule has 4 nitrogen and oxygen atoms in total. The maximum Gasteiger partial charge on any atom is 0.256 e. The summed E-state index contributed by atoms with van der Waals surface area (Å²) in [6, 6.07) is 12.2. The lowest BCUT2D eigenvalue weighted by Gasteiger charge is -2.10.